The average molecular weight is 874 g/mol. The number of ketones is 3. The Bertz CT molecular complexity index is 2720. The minimum Gasteiger partial charge on any atom is -0.507 e. The Morgan fingerprint density at radius 1 is 0.969 bits per heavy atom. The third-order valence-electron chi connectivity index (χ3n) is 12.2. The molecule has 17 heteroatoms. The number of aromatic nitrogens is 2. The van der Waals surface area contributed by atoms with Gasteiger partial charge in [0.15, 0.2) is 17.9 Å². The Morgan fingerprint density at radius 3 is 2.41 bits per heavy atom. The number of hydrogen-bond donors (Lipinski definition) is 7. The van der Waals surface area contributed by atoms with Crippen LogP contribution in [0.4, 0.5) is 0 Å². The number of aliphatic hydroxyl groups excluding tert-OH is 1. The number of phenols is 2. The van der Waals surface area contributed by atoms with E-state index in [1.54, 1.807) is 24.0 Å². The van der Waals surface area contributed by atoms with E-state index in [4.69, 9.17) is 19.9 Å². The van der Waals surface area contributed by atoms with Crippen molar-refractivity contribution < 1.29 is 58.6 Å². The van der Waals surface area contributed by atoms with Crippen molar-refractivity contribution in [2.24, 2.45) is 5.73 Å². The molecule has 0 spiro atoms. The maximum Gasteiger partial charge on any atom is 0.254 e. The standard InChI is InChI=1S/C27H29NO10.C20H18N4O2/c1-10-22(30)14(28)7-17(37-10)38-16-9-27(35,11(2)29)8-13-19(16)26(34)21-20(24(13)32)23(31)12-5-4-6-15(36-3)18(12)25(21)33;25-19-13-24(12-11-21-19)20(26)15-8-5-14(6-9-15)7-10-18-16-3-1-2-4-17(16)22-23-18/h4-6,10,14,16-17,22,30,32,34-35H,7-9,28H2,1-3H3;1-10H,11-13H2,(H,21,25)(H,22,23)/b;10-7+/t10-,14-,16-,17-,22+,27-;/m0./s1. The van der Waals surface area contributed by atoms with Crippen LogP contribution in [-0.4, -0.2) is 122 Å². The fourth-order valence-electron chi connectivity index (χ4n) is 8.68. The summed E-state index contributed by atoms with van der Waals surface area (Å²) in [6.45, 7) is 3.95. The number of nitrogens with zero attached hydrogens (tertiary/aromatic N) is 2. The maximum atomic E-state index is 13.6. The van der Waals surface area contributed by atoms with Crippen molar-refractivity contribution in [2.75, 3.05) is 26.7 Å². The number of methoxy groups -OCH3 is 1. The molecule has 3 heterocycles. The number of benzene rings is 4. The number of aromatic hydroxyl groups is 2. The summed E-state index contributed by atoms with van der Waals surface area (Å²) in [7, 11) is 1.34. The van der Waals surface area contributed by atoms with Gasteiger partial charge in [-0.25, -0.2) is 0 Å². The van der Waals surface area contributed by atoms with Crippen molar-refractivity contribution in [1.82, 2.24) is 20.4 Å². The number of nitrogens with one attached hydrogen (secondary N) is 2. The first-order valence-electron chi connectivity index (χ1n) is 20.7. The Hall–Kier alpha value is -6.76. The van der Waals surface area contributed by atoms with Crippen LogP contribution in [0.1, 0.15) is 97.4 Å². The maximum absolute atomic E-state index is 13.6. The number of ether oxygens (including phenoxy) is 3. The van der Waals surface area contributed by atoms with Gasteiger partial charge in [-0.05, 0) is 49.8 Å². The first-order valence-corrected chi connectivity index (χ1v) is 20.7. The number of phenolic OH excluding ortho intramolecular Hbond substituents is 2. The largest absolute Gasteiger partial charge is 0.507 e. The summed E-state index contributed by atoms with van der Waals surface area (Å²) in [6.07, 6.45) is -0.619. The van der Waals surface area contributed by atoms with Gasteiger partial charge >= 0.3 is 0 Å². The van der Waals surface area contributed by atoms with E-state index >= 15 is 0 Å². The lowest BCUT2D eigenvalue weighted by Crippen LogP contribution is -2.52. The van der Waals surface area contributed by atoms with Crippen LogP contribution in [0.2, 0.25) is 0 Å². The van der Waals surface area contributed by atoms with Crippen LogP contribution in [0, 0.1) is 0 Å². The molecular weight excluding hydrogens is 827 g/mol. The van der Waals surface area contributed by atoms with Gasteiger partial charge in [0, 0.05) is 66.0 Å². The Labute approximate surface area is 366 Å². The van der Waals surface area contributed by atoms with E-state index in [2.05, 4.69) is 15.5 Å². The summed E-state index contributed by atoms with van der Waals surface area (Å²) in [5.41, 5.74) is 6.41. The normalized spacial score (nSPS) is 24.0. The molecule has 5 aromatic rings. The van der Waals surface area contributed by atoms with Crippen LogP contribution in [0.25, 0.3) is 23.1 Å². The van der Waals surface area contributed by atoms with Crippen LogP contribution in [0.3, 0.4) is 0 Å². The molecule has 8 N–H and O–H groups in total. The van der Waals surface area contributed by atoms with E-state index in [-0.39, 0.29) is 59.2 Å². The third-order valence-corrected chi connectivity index (χ3v) is 12.2. The van der Waals surface area contributed by atoms with Crippen molar-refractivity contribution in [2.45, 2.75) is 69.4 Å². The zero-order chi connectivity index (χ0) is 45.6. The van der Waals surface area contributed by atoms with Crippen molar-refractivity contribution in [3.05, 3.63) is 117 Å². The Kier molecular flexibility index (Phi) is 11.9. The Morgan fingerprint density at radius 2 is 1.70 bits per heavy atom. The summed E-state index contributed by atoms with van der Waals surface area (Å²) >= 11 is 0. The number of Topliss-reactive ketones (excluding diaryl/α,β-unsaturated/α-hetero) is 1. The summed E-state index contributed by atoms with van der Waals surface area (Å²) < 4.78 is 17.1. The van der Waals surface area contributed by atoms with Gasteiger partial charge in [0.2, 0.25) is 11.7 Å². The Balaban J connectivity index is 0.000000188. The fraction of sp³-hybridized carbons (Fsp3) is 0.319. The molecule has 2 saturated heterocycles. The summed E-state index contributed by atoms with van der Waals surface area (Å²) in [5, 5.41) is 55.2. The second-order valence-corrected chi connectivity index (χ2v) is 16.3. The number of nitrogens with two attached hydrogens (primary N) is 1. The first kappa shape index (κ1) is 43.9. The highest BCUT2D eigenvalue weighted by Gasteiger charge is 2.49. The van der Waals surface area contributed by atoms with Gasteiger partial charge in [-0.1, -0.05) is 48.5 Å². The molecule has 0 saturated carbocycles. The number of piperazine rings is 1. The molecule has 0 unspecified atom stereocenters. The van der Waals surface area contributed by atoms with Gasteiger partial charge in [-0.3, -0.25) is 29.1 Å². The zero-order valence-corrected chi connectivity index (χ0v) is 35.2. The number of aromatic amines is 1. The molecule has 2 amide bonds. The molecule has 9 rings (SSSR count). The van der Waals surface area contributed by atoms with Crippen LogP contribution >= 0.6 is 0 Å². The van der Waals surface area contributed by atoms with Crippen molar-refractivity contribution >= 4 is 52.2 Å². The smallest absolute Gasteiger partial charge is 0.254 e. The molecule has 332 valence electrons. The highest BCUT2D eigenvalue weighted by atomic mass is 16.7. The number of aliphatic hydroxyl groups is 2. The quantitative estimate of drug-likeness (QED) is 0.114. The number of hydrogen-bond acceptors (Lipinski definition) is 14. The van der Waals surface area contributed by atoms with E-state index in [9.17, 15) is 44.4 Å². The number of fused-ring (bicyclic) bond motifs is 4. The molecule has 2 fully saturated rings. The number of para-hydroxylation sites is 1. The van der Waals surface area contributed by atoms with Gasteiger partial charge in [0.1, 0.15) is 22.8 Å². The molecule has 6 atom stereocenters. The molecule has 4 aliphatic rings. The van der Waals surface area contributed by atoms with Gasteiger partial charge in [-0.15, -0.1) is 0 Å². The number of H-pyrrole nitrogens is 1. The molecule has 0 radical (unpaired) electrons. The lowest BCUT2D eigenvalue weighted by molar-refractivity contribution is -0.247. The van der Waals surface area contributed by atoms with E-state index in [1.807, 2.05) is 48.6 Å². The molecule has 64 heavy (non-hydrogen) atoms. The van der Waals surface area contributed by atoms with Crippen LogP contribution in [0.15, 0.2) is 66.7 Å². The van der Waals surface area contributed by atoms with Crippen molar-refractivity contribution in [1.29, 1.82) is 0 Å². The molecular formula is C47H47N5O12. The van der Waals surface area contributed by atoms with Gasteiger partial charge < -0.3 is 50.6 Å². The van der Waals surface area contributed by atoms with Crippen LogP contribution in [-0.2, 0) is 25.5 Å². The minimum atomic E-state index is -2.00. The first-order chi connectivity index (χ1) is 30.6. The average Bonchev–Trinajstić information content (AvgIpc) is 3.70. The SMILES string of the molecule is COc1cccc2c1C(=O)c1c(O)c3c(c(O)c1C2=O)C[C@@](O)(C(C)=O)C[C@@H]3O[C@H]1C[C@H](N)[C@H](O)[C@H](C)O1.O=C1CN(C(=O)c2ccc(/C=C/c3n[nH]c4ccccc34)cc2)CCN1. The predicted molar refractivity (Wildman–Crippen MR) is 231 cm³/mol. The van der Waals surface area contributed by atoms with Crippen LogP contribution in [0.5, 0.6) is 17.2 Å². The second-order valence-electron chi connectivity index (χ2n) is 16.3. The molecule has 2 aliphatic heterocycles. The fourth-order valence-corrected chi connectivity index (χ4v) is 8.68. The monoisotopic (exact) mass is 873 g/mol. The highest BCUT2D eigenvalue weighted by Crippen LogP contribution is 2.52. The van der Waals surface area contributed by atoms with Gasteiger partial charge in [0.05, 0.1) is 59.9 Å². The number of carbonyl (C=O) groups excluding carboxylic acids is 5. The lowest BCUT2D eigenvalue weighted by atomic mass is 9.72. The summed E-state index contributed by atoms with van der Waals surface area (Å²) in [4.78, 5) is 65.1. The van der Waals surface area contributed by atoms with E-state index < -0.39 is 82.6 Å². The van der Waals surface area contributed by atoms with Gasteiger partial charge in [-0.2, -0.15) is 5.10 Å². The lowest BCUT2D eigenvalue weighted by Gasteiger charge is -2.42. The zero-order valence-electron chi connectivity index (χ0n) is 35.2. The van der Waals surface area contributed by atoms with Crippen LogP contribution < -0.4 is 15.8 Å². The third kappa shape index (κ3) is 8.03. The number of rotatable bonds is 7. The van der Waals surface area contributed by atoms with Crippen molar-refractivity contribution in [3.8, 4) is 17.2 Å². The molecule has 1 aromatic heterocycles. The second kappa shape index (κ2) is 17.4. The number of carbonyl (C=O) groups is 5. The van der Waals surface area contributed by atoms with E-state index in [1.165, 1.54) is 32.2 Å². The molecule has 4 aromatic carbocycles. The summed E-state index contributed by atoms with van der Waals surface area (Å²) in [5.74, 6) is -3.41. The minimum absolute atomic E-state index is 0.0147. The van der Waals surface area contributed by atoms with E-state index in [0.29, 0.717) is 18.7 Å². The molecule has 17 nitrogen and oxygen atoms in total. The van der Waals surface area contributed by atoms with Gasteiger partial charge in [0.25, 0.3) is 5.91 Å². The topological polar surface area (TPSA) is 264 Å². The highest BCUT2D eigenvalue weighted by molar-refractivity contribution is 6.31. The van der Waals surface area contributed by atoms with Crippen molar-refractivity contribution in [3.63, 3.8) is 0 Å². The molecule has 0 bridgehead atoms. The van der Waals surface area contributed by atoms with E-state index in [0.717, 1.165) is 22.2 Å². The molecule has 2 aliphatic carbocycles. The summed E-state index contributed by atoms with van der Waals surface area (Å²) in [6, 6.07) is 19.1. The predicted octanol–water partition coefficient (Wildman–Crippen LogP) is 3.33. The number of amides is 2.